The number of fused-ring (bicyclic) bond motifs is 1. The average Bonchev–Trinajstić information content (AvgIpc) is 3.03. The summed E-state index contributed by atoms with van der Waals surface area (Å²) >= 11 is 0. The van der Waals surface area contributed by atoms with Crippen molar-refractivity contribution in [2.75, 3.05) is 40.4 Å². The van der Waals surface area contributed by atoms with Crippen LogP contribution in [0.2, 0.25) is 0 Å². The van der Waals surface area contributed by atoms with Crippen LogP contribution in [0, 0.1) is 6.92 Å². The first-order valence-corrected chi connectivity index (χ1v) is 10.8. The molecule has 168 valence electrons. The van der Waals surface area contributed by atoms with Crippen LogP contribution in [0.5, 0.6) is 11.5 Å². The van der Waals surface area contributed by atoms with Crippen molar-refractivity contribution < 1.29 is 24.2 Å². The lowest BCUT2D eigenvalue weighted by Crippen LogP contribution is -2.32. The van der Waals surface area contributed by atoms with Crippen LogP contribution < -0.4 is 9.47 Å². The molecule has 2 aliphatic rings. The van der Waals surface area contributed by atoms with Gasteiger partial charge >= 0.3 is 0 Å². The SMILES string of the molecule is Cc1ccccc1C1/C(=C(\O)c2ccc3c(c2)OCCO3)C(=O)C(=O)N1CCCN(C)C. The van der Waals surface area contributed by atoms with Gasteiger partial charge in [-0.15, -0.1) is 0 Å². The van der Waals surface area contributed by atoms with Gasteiger partial charge in [-0.3, -0.25) is 9.59 Å². The van der Waals surface area contributed by atoms with Gasteiger partial charge in [0.05, 0.1) is 11.6 Å². The molecule has 4 rings (SSSR count). The van der Waals surface area contributed by atoms with Crippen LogP contribution in [0.25, 0.3) is 5.76 Å². The number of hydrogen-bond donors (Lipinski definition) is 1. The molecule has 0 bridgehead atoms. The molecule has 7 heteroatoms. The number of ketones is 1. The highest BCUT2D eigenvalue weighted by molar-refractivity contribution is 6.46. The molecular weight excluding hydrogens is 408 g/mol. The highest BCUT2D eigenvalue weighted by atomic mass is 16.6. The molecule has 0 saturated carbocycles. The van der Waals surface area contributed by atoms with Gasteiger partial charge in [0.15, 0.2) is 11.5 Å². The van der Waals surface area contributed by atoms with E-state index in [9.17, 15) is 14.7 Å². The van der Waals surface area contributed by atoms with Crippen LogP contribution in [0.3, 0.4) is 0 Å². The Kier molecular flexibility index (Phi) is 6.19. The standard InChI is InChI=1S/C25H28N2O5/c1-16-7-4-5-8-18(16)22-21(24(29)25(30)27(22)12-6-11-26(2)3)23(28)17-9-10-19-20(15-17)32-14-13-31-19/h4-5,7-10,15,22,28H,6,11-14H2,1-3H3/b23-21+. The van der Waals surface area contributed by atoms with E-state index in [-0.39, 0.29) is 11.3 Å². The van der Waals surface area contributed by atoms with Crippen LogP contribution in [-0.2, 0) is 9.59 Å². The van der Waals surface area contributed by atoms with Crippen LogP contribution in [0.15, 0.2) is 48.0 Å². The lowest BCUT2D eigenvalue weighted by atomic mass is 9.92. The number of benzene rings is 2. The topological polar surface area (TPSA) is 79.3 Å². The summed E-state index contributed by atoms with van der Waals surface area (Å²) < 4.78 is 11.2. The summed E-state index contributed by atoms with van der Waals surface area (Å²) in [7, 11) is 3.93. The highest BCUT2D eigenvalue weighted by Crippen LogP contribution is 2.41. The van der Waals surface area contributed by atoms with E-state index in [2.05, 4.69) is 0 Å². The summed E-state index contributed by atoms with van der Waals surface area (Å²) in [6.45, 7) is 4.02. The number of rotatable bonds is 6. The number of ether oxygens (including phenoxy) is 2. The molecule has 1 fully saturated rings. The van der Waals surface area contributed by atoms with Gasteiger partial charge in [0.2, 0.25) is 0 Å². The van der Waals surface area contributed by atoms with E-state index in [1.165, 1.54) is 0 Å². The number of likely N-dealkylation sites (tertiary alicyclic amines) is 1. The van der Waals surface area contributed by atoms with E-state index in [0.717, 1.165) is 17.7 Å². The Morgan fingerprint density at radius 2 is 1.81 bits per heavy atom. The molecule has 0 spiro atoms. The molecule has 0 aromatic heterocycles. The minimum absolute atomic E-state index is 0.103. The van der Waals surface area contributed by atoms with E-state index < -0.39 is 17.7 Å². The monoisotopic (exact) mass is 436 g/mol. The summed E-state index contributed by atoms with van der Waals surface area (Å²) in [4.78, 5) is 29.8. The number of carbonyl (C=O) groups excluding carboxylic acids is 2. The average molecular weight is 437 g/mol. The molecule has 2 heterocycles. The second kappa shape index (κ2) is 9.04. The molecule has 2 aliphatic heterocycles. The lowest BCUT2D eigenvalue weighted by Gasteiger charge is -2.27. The molecule has 1 saturated heterocycles. The Morgan fingerprint density at radius 3 is 2.53 bits per heavy atom. The molecular formula is C25H28N2O5. The Labute approximate surface area is 187 Å². The lowest BCUT2D eigenvalue weighted by molar-refractivity contribution is -0.139. The smallest absolute Gasteiger partial charge is 0.295 e. The van der Waals surface area contributed by atoms with Gasteiger partial charge in [-0.25, -0.2) is 0 Å². The zero-order valence-corrected chi connectivity index (χ0v) is 18.6. The van der Waals surface area contributed by atoms with E-state index >= 15 is 0 Å². The third kappa shape index (κ3) is 4.08. The van der Waals surface area contributed by atoms with Gasteiger partial charge in [0.1, 0.15) is 19.0 Å². The molecule has 7 nitrogen and oxygen atoms in total. The maximum Gasteiger partial charge on any atom is 0.295 e. The van der Waals surface area contributed by atoms with Crippen LogP contribution in [0.1, 0.15) is 29.2 Å². The number of hydrogen-bond acceptors (Lipinski definition) is 6. The van der Waals surface area contributed by atoms with Gasteiger partial charge in [0.25, 0.3) is 11.7 Å². The molecule has 0 radical (unpaired) electrons. The highest BCUT2D eigenvalue weighted by Gasteiger charge is 2.46. The first-order chi connectivity index (χ1) is 15.4. The summed E-state index contributed by atoms with van der Waals surface area (Å²) in [5, 5.41) is 11.2. The fraction of sp³-hybridized carbons (Fsp3) is 0.360. The summed E-state index contributed by atoms with van der Waals surface area (Å²) in [5.41, 5.74) is 2.30. The van der Waals surface area contributed by atoms with E-state index in [0.29, 0.717) is 43.2 Å². The van der Waals surface area contributed by atoms with E-state index in [1.54, 1.807) is 23.1 Å². The molecule has 1 N–H and O–H groups in total. The summed E-state index contributed by atoms with van der Waals surface area (Å²) in [6, 6.07) is 12.0. The van der Waals surface area contributed by atoms with Crippen molar-refractivity contribution in [1.82, 2.24) is 9.80 Å². The van der Waals surface area contributed by atoms with Crippen molar-refractivity contribution in [2.24, 2.45) is 0 Å². The Morgan fingerprint density at radius 1 is 1.09 bits per heavy atom. The number of aliphatic hydroxyl groups excluding tert-OH is 1. The Balaban J connectivity index is 1.80. The van der Waals surface area contributed by atoms with Gasteiger partial charge in [-0.05, 0) is 63.3 Å². The number of aliphatic hydroxyl groups is 1. The number of nitrogens with zero attached hydrogens (tertiary/aromatic N) is 2. The molecule has 2 aromatic carbocycles. The fourth-order valence-electron chi connectivity index (χ4n) is 4.23. The fourth-order valence-corrected chi connectivity index (χ4v) is 4.23. The molecule has 1 atom stereocenters. The van der Waals surface area contributed by atoms with Gasteiger partial charge in [-0.2, -0.15) is 0 Å². The molecule has 32 heavy (non-hydrogen) atoms. The maximum atomic E-state index is 13.1. The quantitative estimate of drug-likeness (QED) is 0.426. The minimum Gasteiger partial charge on any atom is -0.507 e. The third-order valence-corrected chi connectivity index (χ3v) is 5.84. The normalized spacial score (nSPS) is 19.6. The van der Waals surface area contributed by atoms with Gasteiger partial charge in [-0.1, -0.05) is 24.3 Å². The van der Waals surface area contributed by atoms with Crippen molar-refractivity contribution in [2.45, 2.75) is 19.4 Å². The number of amides is 1. The molecule has 0 aliphatic carbocycles. The van der Waals surface area contributed by atoms with Crippen LogP contribution >= 0.6 is 0 Å². The Bertz CT molecular complexity index is 1080. The van der Waals surface area contributed by atoms with Gasteiger partial charge in [0, 0.05) is 12.1 Å². The van der Waals surface area contributed by atoms with Crippen LogP contribution in [-0.4, -0.2) is 67.0 Å². The zero-order chi connectivity index (χ0) is 22.8. The molecule has 1 amide bonds. The van der Waals surface area contributed by atoms with E-state index in [1.807, 2.05) is 50.2 Å². The number of Topliss-reactive ketones (excluding diaryl/α,β-unsaturated/α-hetero) is 1. The second-order valence-electron chi connectivity index (χ2n) is 8.36. The summed E-state index contributed by atoms with van der Waals surface area (Å²) in [6.07, 6.45) is 0.715. The molecule has 1 unspecified atom stereocenters. The van der Waals surface area contributed by atoms with Crippen molar-refractivity contribution >= 4 is 17.4 Å². The first kappa shape index (κ1) is 21.9. The van der Waals surface area contributed by atoms with E-state index in [4.69, 9.17) is 9.47 Å². The minimum atomic E-state index is -0.671. The third-order valence-electron chi connectivity index (χ3n) is 5.84. The molecule has 2 aromatic rings. The van der Waals surface area contributed by atoms with Gasteiger partial charge < -0.3 is 24.4 Å². The van der Waals surface area contributed by atoms with Crippen molar-refractivity contribution in [1.29, 1.82) is 0 Å². The first-order valence-electron chi connectivity index (χ1n) is 10.8. The predicted octanol–water partition coefficient (Wildman–Crippen LogP) is 3.14. The Hall–Kier alpha value is -3.32. The van der Waals surface area contributed by atoms with Crippen molar-refractivity contribution in [3.05, 3.63) is 64.7 Å². The summed E-state index contributed by atoms with van der Waals surface area (Å²) in [5.74, 6) is -0.365. The predicted molar refractivity (Wildman–Crippen MR) is 121 cm³/mol. The maximum absolute atomic E-state index is 13.1. The number of carbonyl (C=O) groups is 2. The number of aryl methyl sites for hydroxylation is 1. The van der Waals surface area contributed by atoms with Crippen molar-refractivity contribution in [3.63, 3.8) is 0 Å². The second-order valence-corrected chi connectivity index (χ2v) is 8.36. The zero-order valence-electron chi connectivity index (χ0n) is 18.6. The van der Waals surface area contributed by atoms with Crippen LogP contribution in [0.4, 0.5) is 0 Å². The largest absolute Gasteiger partial charge is 0.507 e. The van der Waals surface area contributed by atoms with Crippen molar-refractivity contribution in [3.8, 4) is 11.5 Å².